The van der Waals surface area contributed by atoms with Crippen LogP contribution in [0.3, 0.4) is 0 Å². The maximum absolute atomic E-state index is 13.7. The summed E-state index contributed by atoms with van der Waals surface area (Å²) in [4.78, 5) is 34.5. The highest BCUT2D eigenvalue weighted by molar-refractivity contribution is 6.23. The molecule has 0 aromatic heterocycles. The minimum absolute atomic E-state index is 0.251. The third-order valence-electron chi connectivity index (χ3n) is 6.38. The number of hydroxylamine groups is 1. The number of nitrogens with zero attached hydrogens (tertiary/aromatic N) is 2. The highest BCUT2D eigenvalue weighted by Gasteiger charge is 2.60. The Labute approximate surface area is 199 Å². The van der Waals surface area contributed by atoms with Crippen LogP contribution in [0.15, 0.2) is 84.9 Å². The van der Waals surface area contributed by atoms with Gasteiger partial charge in [-0.25, -0.2) is 9.96 Å². The molecule has 0 spiro atoms. The molecule has 0 N–H and O–H groups in total. The van der Waals surface area contributed by atoms with Gasteiger partial charge in [-0.05, 0) is 48.4 Å². The van der Waals surface area contributed by atoms with Gasteiger partial charge in [0.15, 0.2) is 6.10 Å². The van der Waals surface area contributed by atoms with Crippen LogP contribution in [0.5, 0.6) is 5.75 Å². The molecule has 3 aromatic rings. The van der Waals surface area contributed by atoms with Crippen molar-refractivity contribution >= 4 is 23.2 Å². The van der Waals surface area contributed by atoms with Gasteiger partial charge in [0.1, 0.15) is 11.7 Å². The zero-order valence-corrected chi connectivity index (χ0v) is 19.2. The van der Waals surface area contributed by atoms with Crippen LogP contribution in [0.4, 0.5) is 11.4 Å². The van der Waals surface area contributed by atoms with E-state index in [0.29, 0.717) is 12.3 Å². The third-order valence-corrected chi connectivity index (χ3v) is 6.38. The Morgan fingerprint density at radius 2 is 1.47 bits per heavy atom. The first-order valence-electron chi connectivity index (χ1n) is 11.9. The third kappa shape index (κ3) is 4.05. The first-order valence-corrected chi connectivity index (χ1v) is 11.9. The van der Waals surface area contributed by atoms with Crippen molar-refractivity contribution in [1.82, 2.24) is 0 Å². The maximum atomic E-state index is 13.7. The van der Waals surface area contributed by atoms with E-state index in [-0.39, 0.29) is 11.8 Å². The minimum Gasteiger partial charge on any atom is -0.494 e. The highest BCUT2D eigenvalue weighted by Crippen LogP contribution is 2.47. The monoisotopic (exact) mass is 456 g/mol. The summed E-state index contributed by atoms with van der Waals surface area (Å²) < 4.78 is 5.77. The molecular formula is C28H28N2O4. The molecule has 5 rings (SSSR count). The summed E-state index contributed by atoms with van der Waals surface area (Å²) in [6.45, 7) is 2.81. The lowest BCUT2D eigenvalue weighted by Crippen LogP contribution is -2.37. The van der Waals surface area contributed by atoms with Crippen LogP contribution in [0, 0.1) is 5.92 Å². The van der Waals surface area contributed by atoms with Gasteiger partial charge in [0.2, 0.25) is 5.91 Å². The van der Waals surface area contributed by atoms with Crippen molar-refractivity contribution < 1.29 is 19.2 Å². The molecule has 0 saturated carbocycles. The van der Waals surface area contributed by atoms with Crippen LogP contribution < -0.4 is 14.7 Å². The van der Waals surface area contributed by atoms with E-state index >= 15 is 0 Å². The molecule has 0 bridgehead atoms. The van der Waals surface area contributed by atoms with Crippen LogP contribution in [0.2, 0.25) is 0 Å². The lowest BCUT2D eigenvalue weighted by molar-refractivity contribution is -0.126. The molecule has 3 atom stereocenters. The number of anilines is 2. The van der Waals surface area contributed by atoms with Gasteiger partial charge in [-0.3, -0.25) is 14.4 Å². The van der Waals surface area contributed by atoms with Crippen molar-refractivity contribution in [3.8, 4) is 5.75 Å². The van der Waals surface area contributed by atoms with Crippen LogP contribution >= 0.6 is 0 Å². The van der Waals surface area contributed by atoms with Gasteiger partial charge in [-0.1, -0.05) is 68.3 Å². The van der Waals surface area contributed by atoms with Crippen molar-refractivity contribution in [2.75, 3.05) is 16.6 Å². The molecule has 3 aromatic carbocycles. The van der Waals surface area contributed by atoms with Crippen molar-refractivity contribution in [1.29, 1.82) is 0 Å². The number of hydrogen-bond donors (Lipinski definition) is 0. The summed E-state index contributed by atoms with van der Waals surface area (Å²) in [7, 11) is 0. The molecule has 6 nitrogen and oxygen atoms in total. The topological polar surface area (TPSA) is 59.1 Å². The Morgan fingerprint density at radius 1 is 0.794 bits per heavy atom. The molecule has 0 unspecified atom stereocenters. The van der Waals surface area contributed by atoms with E-state index in [1.807, 2.05) is 72.8 Å². The molecule has 2 aliphatic heterocycles. The van der Waals surface area contributed by atoms with E-state index in [4.69, 9.17) is 9.57 Å². The molecule has 2 heterocycles. The summed E-state index contributed by atoms with van der Waals surface area (Å²) in [5, 5.41) is 1.71. The second kappa shape index (κ2) is 9.69. The lowest BCUT2D eigenvalue weighted by Gasteiger charge is -2.28. The molecule has 0 radical (unpaired) electrons. The lowest BCUT2D eigenvalue weighted by atomic mass is 9.90. The van der Waals surface area contributed by atoms with Gasteiger partial charge in [-0.2, -0.15) is 0 Å². The molecule has 2 fully saturated rings. The quantitative estimate of drug-likeness (QED) is 0.340. The number of carbonyl (C=O) groups excluding carboxylic acids is 2. The Morgan fingerprint density at radius 3 is 2.15 bits per heavy atom. The van der Waals surface area contributed by atoms with Gasteiger partial charge in [0.25, 0.3) is 5.91 Å². The first kappa shape index (κ1) is 22.2. The van der Waals surface area contributed by atoms with E-state index in [0.717, 1.165) is 36.3 Å². The number of fused-ring (bicyclic) bond motifs is 1. The second-order valence-electron chi connectivity index (χ2n) is 8.63. The normalized spacial score (nSPS) is 21.7. The second-order valence-corrected chi connectivity index (χ2v) is 8.63. The van der Waals surface area contributed by atoms with E-state index < -0.39 is 18.1 Å². The smallest absolute Gasteiger partial charge is 0.266 e. The van der Waals surface area contributed by atoms with Crippen LogP contribution in [-0.4, -0.2) is 24.5 Å². The molecule has 0 aliphatic carbocycles. The summed E-state index contributed by atoms with van der Waals surface area (Å²) in [6.07, 6.45) is 2.39. The Bertz CT molecular complexity index is 1130. The van der Waals surface area contributed by atoms with Gasteiger partial charge in [-0.15, -0.1) is 0 Å². The van der Waals surface area contributed by atoms with Crippen LogP contribution in [-0.2, 0) is 14.4 Å². The average molecular weight is 457 g/mol. The van der Waals surface area contributed by atoms with Gasteiger partial charge in [0.05, 0.1) is 24.0 Å². The summed E-state index contributed by atoms with van der Waals surface area (Å²) in [6, 6.07) is 26.1. The fourth-order valence-electron chi connectivity index (χ4n) is 4.69. The molecule has 6 heteroatoms. The van der Waals surface area contributed by atoms with E-state index in [9.17, 15) is 9.59 Å². The number of para-hydroxylation sites is 1. The molecule has 2 amide bonds. The largest absolute Gasteiger partial charge is 0.494 e. The van der Waals surface area contributed by atoms with Crippen molar-refractivity contribution in [2.24, 2.45) is 5.92 Å². The zero-order valence-electron chi connectivity index (χ0n) is 19.2. The van der Waals surface area contributed by atoms with E-state index in [2.05, 4.69) is 6.92 Å². The van der Waals surface area contributed by atoms with Crippen molar-refractivity contribution in [3.05, 3.63) is 90.5 Å². The Kier molecular flexibility index (Phi) is 6.32. The van der Waals surface area contributed by atoms with E-state index in [1.165, 1.54) is 4.90 Å². The van der Waals surface area contributed by atoms with Gasteiger partial charge < -0.3 is 4.74 Å². The standard InChI is InChI=1S/C28H28N2O4/c1-2-3-10-19-33-23-17-15-21(16-18-23)29-27(31)24-25(20-11-6-4-7-12-20)30(34-26(24)28(29)32)22-13-8-5-9-14-22/h4-9,11-18,24-26H,2-3,10,19H2,1H3/t24-,25-,26-/m0/s1. The zero-order chi connectivity index (χ0) is 23.5. The average Bonchev–Trinajstić information content (AvgIpc) is 3.39. The Balaban J connectivity index is 1.41. The number of amides is 2. The number of rotatable bonds is 8. The fourth-order valence-corrected chi connectivity index (χ4v) is 4.69. The molecule has 2 aliphatic rings. The Hall–Kier alpha value is -3.64. The number of imide groups is 1. The summed E-state index contributed by atoms with van der Waals surface area (Å²) in [5.74, 6) is -0.502. The predicted octanol–water partition coefficient (Wildman–Crippen LogP) is 5.31. The van der Waals surface area contributed by atoms with Crippen LogP contribution in [0.1, 0.15) is 37.8 Å². The van der Waals surface area contributed by atoms with Gasteiger partial charge >= 0.3 is 0 Å². The van der Waals surface area contributed by atoms with E-state index in [1.54, 1.807) is 17.2 Å². The number of ether oxygens (including phenoxy) is 1. The molecule has 2 saturated heterocycles. The predicted molar refractivity (Wildman–Crippen MR) is 130 cm³/mol. The van der Waals surface area contributed by atoms with Crippen LogP contribution in [0.25, 0.3) is 0 Å². The number of hydrogen-bond acceptors (Lipinski definition) is 5. The number of unbranched alkanes of at least 4 members (excludes halogenated alkanes) is 2. The number of benzene rings is 3. The van der Waals surface area contributed by atoms with Crippen molar-refractivity contribution in [3.63, 3.8) is 0 Å². The summed E-state index contributed by atoms with van der Waals surface area (Å²) >= 11 is 0. The summed E-state index contributed by atoms with van der Waals surface area (Å²) in [5.41, 5.74) is 2.27. The minimum atomic E-state index is -0.872. The highest BCUT2D eigenvalue weighted by atomic mass is 16.7. The maximum Gasteiger partial charge on any atom is 0.266 e. The molecule has 34 heavy (non-hydrogen) atoms. The molecule has 174 valence electrons. The van der Waals surface area contributed by atoms with Crippen molar-refractivity contribution in [2.45, 2.75) is 38.3 Å². The fraction of sp³-hybridized carbons (Fsp3) is 0.286. The first-order chi connectivity index (χ1) is 16.7. The SMILES string of the molecule is CCCCCOc1ccc(N2C(=O)[C@@H]3[C@H](ON(c4ccccc4)[C@H]3c3ccccc3)C2=O)cc1. The van der Waals surface area contributed by atoms with Gasteiger partial charge in [0, 0.05) is 0 Å². The molecular weight excluding hydrogens is 428 g/mol. The number of carbonyl (C=O) groups is 2.